The molecule has 0 aliphatic rings. The van der Waals surface area contributed by atoms with E-state index in [0.717, 1.165) is 31.3 Å². The van der Waals surface area contributed by atoms with Crippen LogP contribution >= 0.6 is 0 Å². The summed E-state index contributed by atoms with van der Waals surface area (Å²) >= 11 is 0. The third kappa shape index (κ3) is 16.6. The number of aliphatic hydroxyl groups is 1. The molecule has 258 valence electrons. The van der Waals surface area contributed by atoms with Crippen molar-refractivity contribution in [1.29, 1.82) is 0 Å². The zero-order valence-corrected chi connectivity index (χ0v) is 27.8. The van der Waals surface area contributed by atoms with E-state index in [1.165, 1.54) is 57.4 Å². The van der Waals surface area contributed by atoms with Gasteiger partial charge in [0.25, 0.3) is 0 Å². The van der Waals surface area contributed by atoms with Crippen LogP contribution in [0.1, 0.15) is 116 Å². The predicted molar refractivity (Wildman–Crippen MR) is 178 cm³/mol. The number of ether oxygens (including phenoxy) is 1. The van der Waals surface area contributed by atoms with E-state index in [0.29, 0.717) is 24.3 Å². The van der Waals surface area contributed by atoms with Crippen molar-refractivity contribution in [3.05, 3.63) is 53.6 Å². The molecule has 0 heterocycles. The maximum Gasteiger partial charge on any atom is 0.337 e. The van der Waals surface area contributed by atoms with Crippen LogP contribution in [0.2, 0.25) is 0 Å². The third-order valence-electron chi connectivity index (χ3n) is 7.86. The molecular formula is C36H55NO9. The lowest BCUT2D eigenvalue weighted by Gasteiger charge is -2.29. The number of hydrogen-bond acceptors (Lipinski definition) is 6. The van der Waals surface area contributed by atoms with Crippen molar-refractivity contribution in [2.75, 3.05) is 6.61 Å². The summed E-state index contributed by atoms with van der Waals surface area (Å²) in [5.41, 5.74) is -1.30. The molecule has 0 aliphatic carbocycles. The lowest BCUT2D eigenvalue weighted by atomic mass is 9.82. The van der Waals surface area contributed by atoms with Gasteiger partial charge in [0.1, 0.15) is 18.4 Å². The molecule has 5 N–H and O–H groups in total. The average molecular weight is 646 g/mol. The fraction of sp³-hybridized carbons (Fsp3) is 0.611. The molecule has 0 aliphatic heterocycles. The van der Waals surface area contributed by atoms with Gasteiger partial charge in [-0.2, -0.15) is 0 Å². The first-order valence-corrected chi connectivity index (χ1v) is 16.6. The molecule has 0 unspecified atom stereocenters. The van der Waals surface area contributed by atoms with Crippen LogP contribution < -0.4 is 10.1 Å². The van der Waals surface area contributed by atoms with Crippen molar-refractivity contribution in [3.8, 4) is 5.75 Å². The number of carbonyl (C=O) groups excluding carboxylic acids is 1. The van der Waals surface area contributed by atoms with E-state index in [9.17, 15) is 39.6 Å². The number of aliphatic carboxylic acids is 3. The Balaban J connectivity index is 2.81. The highest BCUT2D eigenvalue weighted by Gasteiger charge is 2.49. The summed E-state index contributed by atoms with van der Waals surface area (Å²) in [5, 5.41) is 42.1. The molecule has 1 aromatic rings. The summed E-state index contributed by atoms with van der Waals surface area (Å²) in [6.45, 7) is 6.50. The van der Waals surface area contributed by atoms with Gasteiger partial charge >= 0.3 is 17.9 Å². The number of carboxylic acid groups (broad SMARTS) is 3. The molecule has 0 saturated carbocycles. The highest BCUT2D eigenvalue weighted by Crippen LogP contribution is 2.26. The lowest BCUT2D eigenvalue weighted by Crippen LogP contribution is -2.55. The highest BCUT2D eigenvalue weighted by atomic mass is 16.5. The van der Waals surface area contributed by atoms with Gasteiger partial charge in [-0.1, -0.05) is 107 Å². The second kappa shape index (κ2) is 22.8. The molecule has 10 nitrogen and oxygen atoms in total. The van der Waals surface area contributed by atoms with E-state index >= 15 is 0 Å². The van der Waals surface area contributed by atoms with Crippen molar-refractivity contribution in [3.63, 3.8) is 0 Å². The Bertz CT molecular complexity index is 1120. The number of rotatable bonds is 26. The zero-order valence-electron chi connectivity index (χ0n) is 27.8. The summed E-state index contributed by atoms with van der Waals surface area (Å²) < 4.78 is 5.61. The second-order valence-corrected chi connectivity index (χ2v) is 12.2. The van der Waals surface area contributed by atoms with Crippen LogP contribution in [0.4, 0.5) is 0 Å². The summed E-state index contributed by atoms with van der Waals surface area (Å²) in [5.74, 6) is -7.21. The minimum atomic E-state index is -2.98. The van der Waals surface area contributed by atoms with Gasteiger partial charge in [-0.3, -0.25) is 9.59 Å². The monoisotopic (exact) mass is 645 g/mol. The van der Waals surface area contributed by atoms with Crippen molar-refractivity contribution in [1.82, 2.24) is 5.32 Å². The predicted octanol–water partition coefficient (Wildman–Crippen LogP) is 6.70. The van der Waals surface area contributed by atoms with E-state index in [-0.39, 0.29) is 6.42 Å². The first-order chi connectivity index (χ1) is 21.9. The molecule has 0 fully saturated rings. The number of amides is 1. The quantitative estimate of drug-likeness (QED) is 0.0543. The number of benzene rings is 1. The van der Waals surface area contributed by atoms with Gasteiger partial charge in [-0.05, 0) is 50.5 Å². The van der Waals surface area contributed by atoms with Gasteiger partial charge < -0.3 is 30.5 Å². The summed E-state index contributed by atoms with van der Waals surface area (Å²) in [6.07, 6.45) is 17.8. The van der Waals surface area contributed by atoms with Crippen LogP contribution in [0.3, 0.4) is 0 Å². The Morgan fingerprint density at radius 3 is 1.87 bits per heavy atom. The molecule has 3 atom stereocenters. The van der Waals surface area contributed by atoms with Crippen LogP contribution in [-0.2, 0) is 25.6 Å². The number of hydrogen-bond donors (Lipinski definition) is 5. The minimum absolute atomic E-state index is 0.130. The number of allylic oxidation sites excluding steroid dienone is 2. The summed E-state index contributed by atoms with van der Waals surface area (Å²) in [4.78, 5) is 48.9. The fourth-order valence-electron chi connectivity index (χ4n) is 5.07. The maximum absolute atomic E-state index is 13.3. The smallest absolute Gasteiger partial charge is 0.337 e. The van der Waals surface area contributed by atoms with E-state index < -0.39 is 47.8 Å². The number of nitrogens with one attached hydrogen (secondary N) is 1. The van der Waals surface area contributed by atoms with Gasteiger partial charge in [-0.25, -0.2) is 9.59 Å². The standard InChI is InChI=1S/C36H55NO9/c1-4-5-6-7-8-9-10-11-12-13-14-15-16-17-18-30(36(45,35(43)44)26-32(38)39)33(40)37-31(34(41)42)25-28-19-21-29(22-20-28)46-24-23-27(2)3/h17-23,30-31,45H,4-16,24-26H2,1-3H3,(H,37,40)(H,38,39)(H,41,42)(H,43,44)/t30-,31+,36+/m1/s1. The SMILES string of the molecule is CCCCCCCCCCCCCCC=C[C@H](C(=O)N[C@@H](Cc1ccc(OCC=C(C)C)cc1)C(=O)O)[C@@](O)(CC(=O)O)C(=O)O. The molecule has 46 heavy (non-hydrogen) atoms. The molecule has 0 aromatic heterocycles. The Morgan fingerprint density at radius 2 is 1.39 bits per heavy atom. The lowest BCUT2D eigenvalue weighted by molar-refractivity contribution is -0.172. The molecule has 1 rings (SSSR count). The minimum Gasteiger partial charge on any atom is -0.490 e. The Morgan fingerprint density at radius 1 is 0.848 bits per heavy atom. The maximum atomic E-state index is 13.3. The fourth-order valence-corrected chi connectivity index (χ4v) is 5.07. The molecule has 1 aromatic carbocycles. The molecule has 1 amide bonds. The van der Waals surface area contributed by atoms with Gasteiger partial charge in [-0.15, -0.1) is 0 Å². The third-order valence-corrected chi connectivity index (χ3v) is 7.86. The summed E-state index contributed by atoms with van der Waals surface area (Å²) in [7, 11) is 0. The Kier molecular flexibility index (Phi) is 20.0. The van der Waals surface area contributed by atoms with Crippen LogP contribution in [0.15, 0.2) is 48.1 Å². The summed E-state index contributed by atoms with van der Waals surface area (Å²) in [6, 6.07) is 5.20. The van der Waals surface area contributed by atoms with E-state index in [1.54, 1.807) is 30.3 Å². The Hall–Kier alpha value is -3.66. The van der Waals surface area contributed by atoms with Crippen molar-refractivity contribution < 1.29 is 44.3 Å². The van der Waals surface area contributed by atoms with Gasteiger partial charge in [0, 0.05) is 6.42 Å². The van der Waals surface area contributed by atoms with Crippen molar-refractivity contribution in [2.24, 2.45) is 5.92 Å². The van der Waals surface area contributed by atoms with Gasteiger partial charge in [0.2, 0.25) is 5.91 Å². The molecular weight excluding hydrogens is 590 g/mol. The molecule has 0 spiro atoms. The van der Waals surface area contributed by atoms with Crippen LogP contribution in [0.5, 0.6) is 5.75 Å². The topological polar surface area (TPSA) is 170 Å². The molecule has 0 radical (unpaired) electrons. The molecule has 0 saturated heterocycles. The number of carbonyl (C=O) groups is 4. The van der Waals surface area contributed by atoms with Crippen LogP contribution in [0, 0.1) is 5.92 Å². The van der Waals surface area contributed by atoms with Gasteiger partial charge in [0.05, 0.1) is 12.3 Å². The normalized spacial score (nSPS) is 13.8. The van der Waals surface area contributed by atoms with E-state index in [4.69, 9.17) is 4.74 Å². The van der Waals surface area contributed by atoms with Crippen molar-refractivity contribution >= 4 is 23.8 Å². The number of carboxylic acids is 3. The first-order valence-electron chi connectivity index (χ1n) is 16.6. The highest BCUT2D eigenvalue weighted by molar-refractivity contribution is 5.94. The van der Waals surface area contributed by atoms with Crippen LogP contribution in [0.25, 0.3) is 0 Å². The average Bonchev–Trinajstić information content (AvgIpc) is 2.98. The molecule has 10 heteroatoms. The second-order valence-electron chi connectivity index (χ2n) is 12.2. The molecule has 0 bridgehead atoms. The first kappa shape index (κ1) is 40.4. The van der Waals surface area contributed by atoms with E-state index in [2.05, 4.69) is 12.2 Å². The van der Waals surface area contributed by atoms with E-state index in [1.807, 2.05) is 19.9 Å². The number of unbranched alkanes of at least 4 members (excludes halogenated alkanes) is 12. The van der Waals surface area contributed by atoms with Gasteiger partial charge in [0.15, 0.2) is 5.60 Å². The Labute approximate surface area is 273 Å². The zero-order chi connectivity index (χ0) is 34.4. The largest absolute Gasteiger partial charge is 0.490 e. The van der Waals surface area contributed by atoms with Crippen molar-refractivity contribution in [2.45, 2.75) is 129 Å². The van der Waals surface area contributed by atoms with Crippen LogP contribution in [-0.4, -0.2) is 62.5 Å².